The van der Waals surface area contributed by atoms with Crippen molar-refractivity contribution in [1.29, 1.82) is 0 Å². The molecule has 19 unspecified atom stereocenters. The number of allylic oxidation sites excluding steroid dienone is 12. The van der Waals surface area contributed by atoms with E-state index in [0.29, 0.717) is 0 Å². The molecular weight excluding hydrogens is 861 g/mol. The monoisotopic (exact) mass is 939 g/mol. The highest BCUT2D eigenvalue weighted by atomic mass is 16.7. The van der Waals surface area contributed by atoms with E-state index >= 15 is 0 Å². The number of hydrogen-bond donors (Lipinski definition) is 11. The highest BCUT2D eigenvalue weighted by Gasteiger charge is 2.51. The maximum absolute atomic E-state index is 12.6. The third-order valence-electron chi connectivity index (χ3n) is 12.3. The smallest absolute Gasteiger partial charge is 0.311 e. The van der Waals surface area contributed by atoms with Gasteiger partial charge in [0.1, 0.15) is 18.1 Å². The SMILES string of the molecule is C.CC1/C=C/C=C/C=C/C=C/C=C/C=C/C=C/C(OC2OC(C)C(O)C(C)C2O)CC2OC(O)(CC(O)CC(O)C(O)CCC(O)CC(O)CC(=O)OC(C)C(C)C1O)CC(O)C2C(=O)O. The van der Waals surface area contributed by atoms with Gasteiger partial charge >= 0.3 is 11.9 Å². The molecule has 0 aliphatic carbocycles. The van der Waals surface area contributed by atoms with Crippen molar-refractivity contribution < 1.29 is 84.7 Å². The van der Waals surface area contributed by atoms with E-state index in [1.165, 1.54) is 0 Å². The predicted octanol–water partition coefficient (Wildman–Crippen LogP) is 2.66. The Labute approximate surface area is 389 Å². The number of aliphatic hydroxyl groups excluding tert-OH is 9. The van der Waals surface area contributed by atoms with E-state index in [9.17, 15) is 65.8 Å². The van der Waals surface area contributed by atoms with Crippen LogP contribution in [0.2, 0.25) is 0 Å². The van der Waals surface area contributed by atoms with Crippen LogP contribution in [0, 0.1) is 23.7 Å². The van der Waals surface area contributed by atoms with Crippen LogP contribution in [0.15, 0.2) is 85.1 Å². The van der Waals surface area contributed by atoms with Gasteiger partial charge in [-0.05, 0) is 33.1 Å². The molecule has 3 heterocycles. The van der Waals surface area contributed by atoms with Crippen LogP contribution in [0.3, 0.4) is 0 Å². The molecule has 0 radical (unpaired) electrons. The Morgan fingerprint density at radius 1 is 0.621 bits per heavy atom. The van der Waals surface area contributed by atoms with Crippen LogP contribution < -0.4 is 0 Å². The Kier molecular flexibility index (Phi) is 25.6. The standard InChI is InChI=1S/C48H74O17.CH4/c1-28-18-16-14-12-10-8-6-7-9-11-13-15-17-19-36(64-47-45(58)30(3)44(57)32(5)63-47)25-40-42(46(59)60)39(54)27-48(61,65-40)26-35(51)23-38(53)37(52)21-20-33(49)22-34(50)24-41(55)62-31(4)29(2)43(28)56;/h6-19,28-40,42-45,47,49-54,56-58,61H,20-27H2,1-5H3,(H,59,60);1H4/b7-6+,10-8+,11-9+,14-12+,15-13+,18-16+,19-17+;. The summed E-state index contributed by atoms with van der Waals surface area (Å²) in [5, 5.41) is 118. The van der Waals surface area contributed by atoms with Gasteiger partial charge in [0.05, 0.1) is 73.6 Å². The Morgan fingerprint density at radius 3 is 1.76 bits per heavy atom. The van der Waals surface area contributed by atoms with E-state index in [4.69, 9.17) is 18.9 Å². The number of rotatable bonds is 3. The largest absolute Gasteiger partial charge is 0.481 e. The molecule has 2 fully saturated rings. The van der Waals surface area contributed by atoms with Crippen LogP contribution in [0.4, 0.5) is 0 Å². The van der Waals surface area contributed by atoms with Crippen molar-refractivity contribution >= 4 is 11.9 Å². The first-order chi connectivity index (χ1) is 30.6. The summed E-state index contributed by atoms with van der Waals surface area (Å²) in [5.41, 5.74) is 0. The molecule has 0 aromatic carbocycles. The fourth-order valence-electron chi connectivity index (χ4n) is 8.15. The van der Waals surface area contributed by atoms with Gasteiger partial charge in [-0.2, -0.15) is 0 Å². The lowest BCUT2D eigenvalue weighted by molar-refractivity contribution is -0.311. The fraction of sp³-hybridized carbons (Fsp3) is 0.673. The van der Waals surface area contributed by atoms with Crippen molar-refractivity contribution in [3.8, 4) is 0 Å². The summed E-state index contributed by atoms with van der Waals surface area (Å²) in [6, 6.07) is 0. The molecule has 0 amide bonds. The molecule has 0 aromatic heterocycles. The maximum Gasteiger partial charge on any atom is 0.311 e. The Balaban J connectivity index is 0.0000150. The minimum absolute atomic E-state index is 0. The lowest BCUT2D eigenvalue weighted by Gasteiger charge is -2.45. The number of fused-ring (bicyclic) bond motifs is 2. The van der Waals surface area contributed by atoms with E-state index in [1.807, 2.05) is 37.3 Å². The van der Waals surface area contributed by atoms with Crippen LogP contribution in [-0.4, -0.2) is 160 Å². The van der Waals surface area contributed by atoms with Crippen LogP contribution >= 0.6 is 0 Å². The van der Waals surface area contributed by atoms with Gasteiger partial charge in [-0.15, -0.1) is 0 Å². The zero-order chi connectivity index (χ0) is 48.4. The Morgan fingerprint density at radius 2 is 1.18 bits per heavy atom. The molecule has 2 bridgehead atoms. The summed E-state index contributed by atoms with van der Waals surface area (Å²) in [7, 11) is 0. The first kappa shape index (κ1) is 58.7. The second-order valence-electron chi connectivity index (χ2n) is 17.8. The Bertz CT molecular complexity index is 1660. The third kappa shape index (κ3) is 19.3. The number of hydrogen-bond acceptors (Lipinski definition) is 16. The molecule has 19 atom stereocenters. The summed E-state index contributed by atoms with van der Waals surface area (Å²) in [4.78, 5) is 25.1. The van der Waals surface area contributed by atoms with E-state index in [1.54, 1.807) is 82.4 Å². The molecule has 3 rings (SSSR count). The van der Waals surface area contributed by atoms with Crippen LogP contribution in [-0.2, 0) is 28.5 Å². The van der Waals surface area contributed by atoms with Gasteiger partial charge in [-0.1, -0.05) is 113 Å². The average Bonchev–Trinajstić information content (AvgIpc) is 3.21. The van der Waals surface area contributed by atoms with Gasteiger partial charge < -0.3 is 75.1 Å². The molecule has 66 heavy (non-hydrogen) atoms. The minimum Gasteiger partial charge on any atom is -0.481 e. The number of aliphatic carboxylic acids is 1. The molecule has 0 spiro atoms. The van der Waals surface area contributed by atoms with Gasteiger partial charge in [-0.3, -0.25) is 9.59 Å². The van der Waals surface area contributed by atoms with E-state index < -0.39 is 147 Å². The van der Waals surface area contributed by atoms with Gasteiger partial charge in [0, 0.05) is 43.4 Å². The van der Waals surface area contributed by atoms with Crippen molar-refractivity contribution in [2.75, 3.05) is 0 Å². The third-order valence-corrected chi connectivity index (χ3v) is 12.3. The fourth-order valence-corrected chi connectivity index (χ4v) is 8.15. The number of carboxylic acids is 1. The van der Waals surface area contributed by atoms with Crippen molar-refractivity contribution in [3.63, 3.8) is 0 Å². The van der Waals surface area contributed by atoms with E-state index in [2.05, 4.69) is 0 Å². The van der Waals surface area contributed by atoms with Crippen molar-refractivity contribution in [2.24, 2.45) is 23.7 Å². The topological polar surface area (TPSA) is 294 Å². The number of carboxylic acid groups (broad SMARTS) is 1. The molecule has 17 heteroatoms. The van der Waals surface area contributed by atoms with Crippen LogP contribution in [0.1, 0.15) is 93.4 Å². The first-order valence-corrected chi connectivity index (χ1v) is 22.6. The number of ether oxygens (including phenoxy) is 4. The zero-order valence-electron chi connectivity index (χ0n) is 38.0. The molecule has 0 aromatic rings. The summed E-state index contributed by atoms with van der Waals surface area (Å²) < 4.78 is 23.3. The van der Waals surface area contributed by atoms with E-state index in [-0.39, 0.29) is 39.0 Å². The summed E-state index contributed by atoms with van der Waals surface area (Å²) in [6.45, 7) is 8.46. The van der Waals surface area contributed by atoms with Crippen LogP contribution in [0.5, 0.6) is 0 Å². The molecule has 11 N–H and O–H groups in total. The number of carbonyl (C=O) groups is 2. The normalized spacial score (nSPS) is 44.8. The molecule has 0 saturated carbocycles. The zero-order valence-corrected chi connectivity index (χ0v) is 38.0. The maximum atomic E-state index is 12.6. The summed E-state index contributed by atoms with van der Waals surface area (Å²) in [6.07, 6.45) is 4.63. The lowest BCUT2D eigenvalue weighted by atomic mass is 9.82. The molecule has 3 aliphatic rings. The summed E-state index contributed by atoms with van der Waals surface area (Å²) >= 11 is 0. The first-order valence-electron chi connectivity index (χ1n) is 22.6. The molecule has 2 saturated heterocycles. The van der Waals surface area contributed by atoms with Gasteiger partial charge in [0.2, 0.25) is 0 Å². The van der Waals surface area contributed by atoms with E-state index in [0.717, 1.165) is 0 Å². The second kappa shape index (κ2) is 28.8. The highest BCUT2D eigenvalue weighted by Crippen LogP contribution is 2.38. The lowest BCUT2D eigenvalue weighted by Crippen LogP contribution is -2.57. The molecule has 17 nitrogen and oxygen atoms in total. The molecule has 376 valence electrons. The number of esters is 1. The van der Waals surface area contributed by atoms with Gasteiger partial charge in [-0.25, -0.2) is 0 Å². The van der Waals surface area contributed by atoms with Gasteiger partial charge in [0.25, 0.3) is 0 Å². The molecule has 3 aliphatic heterocycles. The van der Waals surface area contributed by atoms with Gasteiger partial charge in [0.15, 0.2) is 12.1 Å². The molecular formula is C49H78O17. The summed E-state index contributed by atoms with van der Waals surface area (Å²) in [5.74, 6) is -7.40. The van der Waals surface area contributed by atoms with Crippen molar-refractivity contribution in [2.45, 2.75) is 185 Å². The number of carbonyl (C=O) groups excluding carboxylic acids is 1. The highest BCUT2D eigenvalue weighted by molar-refractivity contribution is 5.71. The minimum atomic E-state index is -2.31. The predicted molar refractivity (Wildman–Crippen MR) is 245 cm³/mol. The number of aliphatic hydroxyl groups is 10. The second-order valence-corrected chi connectivity index (χ2v) is 17.8. The van der Waals surface area contributed by atoms with Crippen molar-refractivity contribution in [3.05, 3.63) is 85.1 Å². The van der Waals surface area contributed by atoms with Crippen LogP contribution in [0.25, 0.3) is 0 Å². The Hall–Kier alpha value is -3.40. The number of cyclic esters (lactones) is 1. The van der Waals surface area contributed by atoms with Crippen molar-refractivity contribution in [1.82, 2.24) is 0 Å². The average molecular weight is 939 g/mol. The quantitative estimate of drug-likeness (QED) is 0.181.